The lowest BCUT2D eigenvalue weighted by atomic mass is 10.2. The minimum atomic E-state index is -4.56. The molecule has 2 heterocycles. The van der Waals surface area contributed by atoms with Crippen LogP contribution in [-0.2, 0) is 6.18 Å². The third kappa shape index (κ3) is 2.08. The van der Waals surface area contributed by atoms with Gasteiger partial charge in [0.2, 0.25) is 5.82 Å². The molecule has 1 N–H and O–H groups in total. The third-order valence-electron chi connectivity index (χ3n) is 3.63. The Bertz CT molecular complexity index is 628. The third-order valence-corrected chi connectivity index (χ3v) is 3.63. The molecule has 3 rings (SSSR count). The van der Waals surface area contributed by atoms with Crippen LogP contribution in [0.3, 0.4) is 0 Å². The Hall–Kier alpha value is -1.86. The number of nitrogens with zero attached hydrogens (tertiary/aromatic N) is 4. The van der Waals surface area contributed by atoms with Crippen LogP contribution in [0, 0.1) is 0 Å². The fourth-order valence-corrected chi connectivity index (χ4v) is 2.67. The molecule has 0 atom stereocenters. The lowest BCUT2D eigenvalue weighted by molar-refractivity contribution is -0.144. The second kappa shape index (κ2) is 4.60. The van der Waals surface area contributed by atoms with E-state index in [2.05, 4.69) is 20.3 Å². The van der Waals surface area contributed by atoms with Crippen molar-refractivity contribution in [3.63, 3.8) is 0 Å². The van der Waals surface area contributed by atoms with Crippen LogP contribution in [0.1, 0.15) is 37.5 Å². The Balaban J connectivity index is 2.19. The number of fused-ring (bicyclic) bond motifs is 1. The zero-order chi connectivity index (χ0) is 14.3. The summed E-state index contributed by atoms with van der Waals surface area (Å²) in [5, 5.41) is 2.66. The van der Waals surface area contributed by atoms with Gasteiger partial charge in [-0.05, 0) is 12.8 Å². The summed E-state index contributed by atoms with van der Waals surface area (Å²) >= 11 is 0. The molecule has 1 aliphatic carbocycles. The van der Waals surface area contributed by atoms with E-state index in [0.29, 0.717) is 5.52 Å². The first-order valence-electron chi connectivity index (χ1n) is 6.50. The molecule has 0 spiro atoms. The molecule has 0 aromatic carbocycles. The van der Waals surface area contributed by atoms with Crippen molar-refractivity contribution in [2.75, 3.05) is 12.4 Å². The first kappa shape index (κ1) is 13.1. The van der Waals surface area contributed by atoms with E-state index in [1.54, 1.807) is 10.9 Å². The summed E-state index contributed by atoms with van der Waals surface area (Å²) in [4.78, 5) is 11.4. The van der Waals surface area contributed by atoms with Gasteiger partial charge in [0.05, 0.1) is 6.33 Å². The van der Waals surface area contributed by atoms with Gasteiger partial charge in [-0.25, -0.2) is 15.0 Å². The van der Waals surface area contributed by atoms with Crippen LogP contribution in [0.15, 0.2) is 6.33 Å². The number of anilines is 1. The number of hydrogen-bond donors (Lipinski definition) is 1. The smallest absolute Gasteiger partial charge is 0.371 e. The highest BCUT2D eigenvalue weighted by Crippen LogP contribution is 2.34. The molecular weight excluding hydrogens is 271 g/mol. The summed E-state index contributed by atoms with van der Waals surface area (Å²) in [7, 11) is 1.52. The van der Waals surface area contributed by atoms with Gasteiger partial charge in [-0.1, -0.05) is 12.8 Å². The van der Waals surface area contributed by atoms with Gasteiger partial charge in [0.25, 0.3) is 0 Å². The molecule has 2 aromatic rings. The molecule has 20 heavy (non-hydrogen) atoms. The standard InChI is InChI=1S/C12H14F3N5/c1-16-9-8-10(19-11(18-9)12(13,14)15)20(6-17-8)7-4-2-3-5-7/h6-7H,2-5H2,1H3,(H,16,18,19). The normalized spacial score (nSPS) is 17.0. The molecule has 2 aromatic heterocycles. The quantitative estimate of drug-likeness (QED) is 0.921. The van der Waals surface area contributed by atoms with Crippen molar-refractivity contribution in [1.82, 2.24) is 19.5 Å². The monoisotopic (exact) mass is 285 g/mol. The maximum atomic E-state index is 12.9. The average Bonchev–Trinajstić information content (AvgIpc) is 3.04. The van der Waals surface area contributed by atoms with E-state index in [-0.39, 0.29) is 17.5 Å². The summed E-state index contributed by atoms with van der Waals surface area (Å²) in [5.74, 6) is -1.02. The van der Waals surface area contributed by atoms with Gasteiger partial charge in [-0.3, -0.25) is 0 Å². The first-order chi connectivity index (χ1) is 9.50. The second-order valence-corrected chi connectivity index (χ2v) is 4.91. The number of aromatic nitrogens is 4. The second-order valence-electron chi connectivity index (χ2n) is 4.91. The van der Waals surface area contributed by atoms with E-state index in [0.717, 1.165) is 25.7 Å². The molecule has 0 aliphatic heterocycles. The van der Waals surface area contributed by atoms with Crippen molar-refractivity contribution < 1.29 is 13.2 Å². The lowest BCUT2D eigenvalue weighted by Crippen LogP contribution is -2.14. The highest BCUT2D eigenvalue weighted by Gasteiger charge is 2.36. The highest BCUT2D eigenvalue weighted by molar-refractivity contribution is 5.83. The summed E-state index contributed by atoms with van der Waals surface area (Å²) in [6.45, 7) is 0. The van der Waals surface area contributed by atoms with Gasteiger partial charge in [-0.15, -0.1) is 0 Å². The maximum absolute atomic E-state index is 12.9. The van der Waals surface area contributed by atoms with E-state index in [1.165, 1.54) is 7.05 Å². The van der Waals surface area contributed by atoms with E-state index in [1.807, 2.05) is 0 Å². The number of alkyl halides is 3. The molecular formula is C12H14F3N5. The van der Waals surface area contributed by atoms with Crippen LogP contribution < -0.4 is 5.32 Å². The number of nitrogens with one attached hydrogen (secondary N) is 1. The Morgan fingerprint density at radius 2 is 1.95 bits per heavy atom. The van der Waals surface area contributed by atoms with Gasteiger partial charge in [0.15, 0.2) is 11.5 Å². The van der Waals surface area contributed by atoms with E-state index < -0.39 is 12.0 Å². The summed E-state index contributed by atoms with van der Waals surface area (Å²) in [5.41, 5.74) is 0.635. The fourth-order valence-electron chi connectivity index (χ4n) is 2.67. The molecule has 0 unspecified atom stereocenters. The summed E-state index contributed by atoms with van der Waals surface area (Å²) in [6.07, 6.45) is 1.07. The van der Waals surface area contributed by atoms with Gasteiger partial charge >= 0.3 is 6.18 Å². The molecule has 0 saturated heterocycles. The zero-order valence-corrected chi connectivity index (χ0v) is 10.9. The minimum absolute atomic E-state index is 0.110. The van der Waals surface area contributed by atoms with Gasteiger partial charge in [0, 0.05) is 13.1 Å². The van der Waals surface area contributed by atoms with Gasteiger partial charge in [0.1, 0.15) is 5.52 Å². The van der Waals surface area contributed by atoms with E-state index >= 15 is 0 Å². The predicted molar refractivity (Wildman–Crippen MR) is 67.4 cm³/mol. The Labute approximate surface area is 113 Å². The molecule has 8 heteroatoms. The number of imidazole rings is 1. The maximum Gasteiger partial charge on any atom is 0.451 e. The van der Waals surface area contributed by atoms with Crippen LogP contribution in [0.4, 0.5) is 19.0 Å². The zero-order valence-electron chi connectivity index (χ0n) is 10.9. The van der Waals surface area contributed by atoms with Crippen molar-refractivity contribution in [2.24, 2.45) is 0 Å². The summed E-state index contributed by atoms with van der Waals surface area (Å²) < 4.78 is 40.3. The highest BCUT2D eigenvalue weighted by atomic mass is 19.4. The Kier molecular flexibility index (Phi) is 3.02. The first-order valence-corrected chi connectivity index (χ1v) is 6.50. The lowest BCUT2D eigenvalue weighted by Gasteiger charge is -2.13. The SMILES string of the molecule is CNc1nc(C(F)(F)F)nc2c1ncn2C1CCCC1. The van der Waals surface area contributed by atoms with E-state index in [4.69, 9.17) is 0 Å². The van der Waals surface area contributed by atoms with Crippen molar-refractivity contribution in [3.05, 3.63) is 12.2 Å². The molecule has 1 fully saturated rings. The van der Waals surface area contributed by atoms with Crippen molar-refractivity contribution in [3.8, 4) is 0 Å². The van der Waals surface area contributed by atoms with Crippen molar-refractivity contribution in [1.29, 1.82) is 0 Å². The molecule has 5 nitrogen and oxygen atoms in total. The molecule has 0 amide bonds. The molecule has 0 radical (unpaired) electrons. The summed E-state index contributed by atoms with van der Waals surface area (Å²) in [6, 6.07) is 0.181. The Morgan fingerprint density at radius 1 is 1.25 bits per heavy atom. The topological polar surface area (TPSA) is 55.6 Å². The average molecular weight is 285 g/mol. The van der Waals surface area contributed by atoms with Gasteiger partial charge in [-0.2, -0.15) is 13.2 Å². The largest absolute Gasteiger partial charge is 0.451 e. The number of hydrogen-bond acceptors (Lipinski definition) is 4. The Morgan fingerprint density at radius 3 is 2.55 bits per heavy atom. The number of halogens is 3. The fraction of sp³-hybridized carbons (Fsp3) is 0.583. The minimum Gasteiger partial charge on any atom is -0.371 e. The van der Waals surface area contributed by atoms with Crippen molar-refractivity contribution in [2.45, 2.75) is 37.9 Å². The van der Waals surface area contributed by atoms with Crippen LogP contribution in [0.2, 0.25) is 0 Å². The van der Waals surface area contributed by atoms with Crippen LogP contribution in [0.5, 0.6) is 0 Å². The molecule has 108 valence electrons. The van der Waals surface area contributed by atoms with E-state index in [9.17, 15) is 13.2 Å². The predicted octanol–water partition coefficient (Wildman–Crippen LogP) is 3.00. The molecule has 0 bridgehead atoms. The number of rotatable bonds is 2. The van der Waals surface area contributed by atoms with Crippen LogP contribution >= 0.6 is 0 Å². The van der Waals surface area contributed by atoms with Crippen molar-refractivity contribution >= 4 is 17.0 Å². The molecule has 1 saturated carbocycles. The van der Waals surface area contributed by atoms with Gasteiger partial charge < -0.3 is 9.88 Å². The van der Waals surface area contributed by atoms with Crippen LogP contribution in [0.25, 0.3) is 11.2 Å². The van der Waals surface area contributed by atoms with Crippen LogP contribution in [-0.4, -0.2) is 26.6 Å². The molecule has 1 aliphatic rings.